The fourth-order valence-electron chi connectivity index (χ4n) is 3.66. The standard InChI is InChI=1S/C19H20N6O2/c26-17-9-8-16(23-24-17)12-4-3-5-13(10-12)22-19(27)15-7-2-1-6-14(15)18-20-11-21-25-18/h3-5,8-11,14-15H,1-2,6-7H2,(H,22,27)(H,24,26)(H,20,21,25)/t14-,15+/m0/s1. The van der Waals surface area contributed by atoms with Gasteiger partial charge in [0.25, 0.3) is 5.56 Å². The van der Waals surface area contributed by atoms with Gasteiger partial charge >= 0.3 is 0 Å². The van der Waals surface area contributed by atoms with Crippen molar-refractivity contribution in [2.24, 2.45) is 5.92 Å². The monoisotopic (exact) mass is 364 g/mol. The SMILES string of the molecule is O=C(Nc1cccc(-c2ccc(=O)[nH]n2)c1)[C@@H]1CCCC[C@@H]1c1ncn[nH]1. The molecule has 1 aliphatic rings. The van der Waals surface area contributed by atoms with Crippen LogP contribution in [0.3, 0.4) is 0 Å². The van der Waals surface area contributed by atoms with E-state index in [2.05, 4.69) is 30.7 Å². The first-order chi connectivity index (χ1) is 13.2. The summed E-state index contributed by atoms with van der Waals surface area (Å²) in [5.41, 5.74) is 1.91. The van der Waals surface area contributed by atoms with Crippen molar-refractivity contribution in [3.8, 4) is 11.3 Å². The molecule has 1 aromatic carbocycles. The Hall–Kier alpha value is -3.29. The summed E-state index contributed by atoms with van der Waals surface area (Å²) in [7, 11) is 0. The van der Waals surface area contributed by atoms with E-state index in [1.807, 2.05) is 24.3 Å². The Balaban J connectivity index is 1.53. The first-order valence-corrected chi connectivity index (χ1v) is 9.03. The average molecular weight is 364 g/mol. The van der Waals surface area contributed by atoms with Crippen LogP contribution in [0.1, 0.15) is 37.4 Å². The lowest BCUT2D eigenvalue weighted by Crippen LogP contribution is -2.31. The molecule has 1 amide bonds. The lowest BCUT2D eigenvalue weighted by molar-refractivity contribution is -0.121. The zero-order chi connectivity index (χ0) is 18.6. The van der Waals surface area contributed by atoms with E-state index in [4.69, 9.17) is 0 Å². The summed E-state index contributed by atoms with van der Waals surface area (Å²) < 4.78 is 0. The highest BCUT2D eigenvalue weighted by Gasteiger charge is 2.33. The molecule has 4 rings (SSSR count). The van der Waals surface area contributed by atoms with Crippen LogP contribution in [-0.4, -0.2) is 31.3 Å². The number of hydrogen-bond donors (Lipinski definition) is 3. The smallest absolute Gasteiger partial charge is 0.264 e. The van der Waals surface area contributed by atoms with Crippen molar-refractivity contribution < 1.29 is 4.79 Å². The fourth-order valence-corrected chi connectivity index (χ4v) is 3.66. The molecule has 2 aromatic heterocycles. The van der Waals surface area contributed by atoms with Gasteiger partial charge in [0.15, 0.2) is 0 Å². The van der Waals surface area contributed by atoms with Crippen molar-refractivity contribution in [1.82, 2.24) is 25.4 Å². The van der Waals surface area contributed by atoms with E-state index in [0.29, 0.717) is 11.4 Å². The number of carbonyl (C=O) groups excluding carboxylic acids is 1. The Morgan fingerprint density at radius 1 is 1.11 bits per heavy atom. The van der Waals surface area contributed by atoms with Crippen LogP contribution in [0.2, 0.25) is 0 Å². The first kappa shape index (κ1) is 17.1. The number of carbonyl (C=O) groups is 1. The van der Waals surface area contributed by atoms with E-state index >= 15 is 0 Å². The van der Waals surface area contributed by atoms with Crippen molar-refractivity contribution >= 4 is 11.6 Å². The quantitative estimate of drug-likeness (QED) is 0.657. The van der Waals surface area contributed by atoms with Crippen molar-refractivity contribution in [2.75, 3.05) is 5.32 Å². The van der Waals surface area contributed by atoms with Crippen LogP contribution in [0, 0.1) is 5.92 Å². The second-order valence-electron chi connectivity index (χ2n) is 6.74. The lowest BCUT2D eigenvalue weighted by Gasteiger charge is -2.29. The Morgan fingerprint density at radius 3 is 2.78 bits per heavy atom. The molecule has 3 aromatic rings. The van der Waals surface area contributed by atoms with Crippen molar-refractivity contribution in [3.63, 3.8) is 0 Å². The maximum atomic E-state index is 12.9. The number of nitrogens with zero attached hydrogens (tertiary/aromatic N) is 3. The Kier molecular flexibility index (Phi) is 4.78. The summed E-state index contributed by atoms with van der Waals surface area (Å²) in [6.45, 7) is 0. The van der Waals surface area contributed by atoms with Crippen LogP contribution in [0.25, 0.3) is 11.3 Å². The van der Waals surface area contributed by atoms with Crippen LogP contribution >= 0.6 is 0 Å². The number of anilines is 1. The minimum absolute atomic E-state index is 0.0114. The molecule has 138 valence electrons. The number of benzene rings is 1. The molecule has 0 unspecified atom stereocenters. The molecular weight excluding hydrogens is 344 g/mol. The molecule has 1 saturated carbocycles. The molecular formula is C19H20N6O2. The maximum absolute atomic E-state index is 12.9. The van der Waals surface area contributed by atoms with Gasteiger partial charge in [-0.15, -0.1) is 0 Å². The highest BCUT2D eigenvalue weighted by atomic mass is 16.2. The van der Waals surface area contributed by atoms with Crippen LogP contribution in [0.4, 0.5) is 5.69 Å². The number of H-pyrrole nitrogens is 2. The minimum atomic E-state index is -0.251. The van der Waals surface area contributed by atoms with Crippen LogP contribution in [0.5, 0.6) is 0 Å². The summed E-state index contributed by atoms with van der Waals surface area (Å²) in [6.07, 6.45) is 5.36. The van der Waals surface area contributed by atoms with Gasteiger partial charge in [-0.2, -0.15) is 10.2 Å². The number of aromatic nitrogens is 5. The zero-order valence-electron chi connectivity index (χ0n) is 14.7. The Morgan fingerprint density at radius 2 is 2.00 bits per heavy atom. The van der Waals surface area contributed by atoms with Crippen LogP contribution < -0.4 is 10.9 Å². The number of aromatic amines is 2. The predicted molar refractivity (Wildman–Crippen MR) is 100 cm³/mol. The summed E-state index contributed by atoms with van der Waals surface area (Å²) in [5, 5.41) is 16.3. The van der Waals surface area contributed by atoms with E-state index in [9.17, 15) is 9.59 Å². The fraction of sp³-hybridized carbons (Fsp3) is 0.316. The first-order valence-electron chi connectivity index (χ1n) is 9.03. The highest BCUT2D eigenvalue weighted by molar-refractivity contribution is 5.93. The molecule has 3 N–H and O–H groups in total. The van der Waals surface area contributed by atoms with E-state index < -0.39 is 0 Å². The summed E-state index contributed by atoms with van der Waals surface area (Å²) in [5.74, 6) is 0.690. The second-order valence-corrected chi connectivity index (χ2v) is 6.74. The normalized spacial score (nSPS) is 19.6. The molecule has 8 heteroatoms. The molecule has 2 heterocycles. The molecule has 1 aliphatic carbocycles. The number of rotatable bonds is 4. The highest BCUT2D eigenvalue weighted by Crippen LogP contribution is 2.37. The van der Waals surface area contributed by atoms with E-state index in [1.54, 1.807) is 6.07 Å². The van der Waals surface area contributed by atoms with Gasteiger partial charge < -0.3 is 5.32 Å². The van der Waals surface area contributed by atoms with E-state index in [0.717, 1.165) is 37.1 Å². The predicted octanol–water partition coefficient (Wildman–Crippen LogP) is 2.47. The summed E-state index contributed by atoms with van der Waals surface area (Å²) >= 11 is 0. The summed E-state index contributed by atoms with van der Waals surface area (Å²) in [6, 6.07) is 10.5. The molecule has 2 atom stereocenters. The van der Waals surface area contributed by atoms with Gasteiger partial charge in [0.05, 0.1) is 5.69 Å². The largest absolute Gasteiger partial charge is 0.326 e. The van der Waals surface area contributed by atoms with E-state index in [1.165, 1.54) is 12.4 Å². The molecule has 27 heavy (non-hydrogen) atoms. The maximum Gasteiger partial charge on any atom is 0.264 e. The van der Waals surface area contributed by atoms with Crippen LogP contribution in [0.15, 0.2) is 47.5 Å². The van der Waals surface area contributed by atoms with Gasteiger partial charge in [0, 0.05) is 29.2 Å². The zero-order valence-corrected chi connectivity index (χ0v) is 14.7. The van der Waals surface area contributed by atoms with Gasteiger partial charge in [-0.1, -0.05) is 25.0 Å². The van der Waals surface area contributed by atoms with Crippen LogP contribution in [-0.2, 0) is 4.79 Å². The third kappa shape index (κ3) is 3.79. The lowest BCUT2D eigenvalue weighted by atomic mass is 9.78. The average Bonchev–Trinajstić information content (AvgIpc) is 3.23. The molecule has 0 aliphatic heterocycles. The van der Waals surface area contributed by atoms with Gasteiger partial charge in [0.1, 0.15) is 12.2 Å². The van der Waals surface area contributed by atoms with Gasteiger partial charge in [0.2, 0.25) is 5.91 Å². The minimum Gasteiger partial charge on any atom is -0.326 e. The topological polar surface area (TPSA) is 116 Å². The number of amides is 1. The Labute approximate surface area is 155 Å². The van der Waals surface area contributed by atoms with Crippen molar-refractivity contribution in [1.29, 1.82) is 0 Å². The number of nitrogens with one attached hydrogen (secondary N) is 3. The summed E-state index contributed by atoms with van der Waals surface area (Å²) in [4.78, 5) is 28.4. The molecule has 1 fully saturated rings. The van der Waals surface area contributed by atoms with Gasteiger partial charge in [-0.3, -0.25) is 14.7 Å². The molecule has 0 saturated heterocycles. The third-order valence-corrected chi connectivity index (χ3v) is 4.99. The second kappa shape index (κ2) is 7.53. The van der Waals surface area contributed by atoms with Crippen molar-refractivity contribution in [2.45, 2.75) is 31.6 Å². The number of hydrogen-bond acceptors (Lipinski definition) is 5. The molecule has 0 spiro atoms. The molecule has 8 nitrogen and oxygen atoms in total. The third-order valence-electron chi connectivity index (χ3n) is 4.99. The molecule has 0 radical (unpaired) electrons. The molecule has 0 bridgehead atoms. The van der Waals surface area contributed by atoms with Gasteiger partial charge in [-0.05, 0) is 31.0 Å². The van der Waals surface area contributed by atoms with Gasteiger partial charge in [-0.25, -0.2) is 10.1 Å². The Bertz CT molecular complexity index is 961. The van der Waals surface area contributed by atoms with E-state index in [-0.39, 0.29) is 23.3 Å². The van der Waals surface area contributed by atoms with Crippen molar-refractivity contribution in [3.05, 3.63) is 58.9 Å².